The van der Waals surface area contributed by atoms with Gasteiger partial charge < -0.3 is 20.4 Å². The van der Waals surface area contributed by atoms with Gasteiger partial charge >= 0.3 is 5.97 Å². The molecular weight excluding hydrogens is 440 g/mol. The van der Waals surface area contributed by atoms with Crippen molar-refractivity contribution in [1.82, 2.24) is 0 Å². The number of allylic oxidation sites excluding steroid dienone is 2. The zero-order chi connectivity index (χ0) is 26.0. The highest BCUT2D eigenvalue weighted by atomic mass is 16.4. The van der Waals surface area contributed by atoms with Gasteiger partial charge in [0.2, 0.25) is 0 Å². The molecule has 198 valence electrons. The molecule has 0 aromatic heterocycles. The lowest BCUT2D eigenvalue weighted by Gasteiger charge is -2.71. The molecule has 0 heterocycles. The Morgan fingerprint density at radius 2 is 1.54 bits per heavy atom. The number of carboxylic acid groups (broad SMARTS) is 1. The van der Waals surface area contributed by atoms with Crippen LogP contribution in [-0.4, -0.2) is 44.7 Å². The summed E-state index contributed by atoms with van der Waals surface area (Å²) in [7, 11) is 0. The van der Waals surface area contributed by atoms with E-state index in [1.54, 1.807) is 0 Å². The van der Waals surface area contributed by atoms with E-state index in [0.717, 1.165) is 25.7 Å². The van der Waals surface area contributed by atoms with Crippen molar-refractivity contribution in [3.05, 3.63) is 11.6 Å². The normalized spacial score (nSPS) is 54.4. The number of aliphatic carboxylic acids is 1. The van der Waals surface area contributed by atoms with E-state index in [0.29, 0.717) is 37.5 Å². The minimum absolute atomic E-state index is 0.00525. The maximum atomic E-state index is 12.8. The van der Waals surface area contributed by atoms with Crippen molar-refractivity contribution in [2.75, 3.05) is 0 Å². The standard InChI is InChI=1S/C30H48O5/c1-25(2)14-18-17-8-9-21-27(5)15-19(31)23(33)26(3,4)20(27)10-11-29(21,7)28(17,6)12-13-30(18,24(34)35)16-22(25)32/h8,18-23,31-33H,9-16H2,1-7H3,(H,34,35)/t18?,19-,20?,21?,22+,23+,27+,28-,29-,30-/m1/s1. The Labute approximate surface area is 211 Å². The molecule has 0 radical (unpaired) electrons. The third kappa shape index (κ3) is 3.01. The summed E-state index contributed by atoms with van der Waals surface area (Å²) in [5.41, 5.74) is -0.364. The second-order valence-electron chi connectivity index (χ2n) is 15.3. The molecule has 4 saturated carbocycles. The molecule has 10 atom stereocenters. The van der Waals surface area contributed by atoms with Crippen LogP contribution in [0.3, 0.4) is 0 Å². The summed E-state index contributed by atoms with van der Waals surface area (Å²) in [6.07, 6.45) is 6.52. The highest BCUT2D eigenvalue weighted by molar-refractivity contribution is 5.77. The molecule has 0 saturated heterocycles. The summed E-state index contributed by atoms with van der Waals surface area (Å²) in [5, 5.41) is 43.3. The first-order chi connectivity index (χ1) is 16.0. The van der Waals surface area contributed by atoms with E-state index < -0.39 is 29.7 Å². The largest absolute Gasteiger partial charge is 0.481 e. The van der Waals surface area contributed by atoms with Gasteiger partial charge in [-0.25, -0.2) is 0 Å². The van der Waals surface area contributed by atoms with Crippen molar-refractivity contribution in [3.8, 4) is 0 Å². The zero-order valence-corrected chi connectivity index (χ0v) is 22.9. The molecule has 0 aromatic carbocycles. The number of rotatable bonds is 1. The molecule has 5 aliphatic rings. The summed E-state index contributed by atoms with van der Waals surface area (Å²) in [6, 6.07) is 0. The first-order valence-corrected chi connectivity index (χ1v) is 14.0. The monoisotopic (exact) mass is 488 g/mol. The van der Waals surface area contributed by atoms with Crippen molar-refractivity contribution in [2.24, 2.45) is 50.2 Å². The number of hydrogen-bond donors (Lipinski definition) is 4. The predicted molar refractivity (Wildman–Crippen MR) is 135 cm³/mol. The fourth-order valence-corrected chi connectivity index (χ4v) is 10.8. The molecular formula is C30H48O5. The van der Waals surface area contributed by atoms with Crippen LogP contribution in [0.5, 0.6) is 0 Å². The Bertz CT molecular complexity index is 952. The SMILES string of the molecule is CC1(C)CC2C3=CCC4[C@@]5(C)C[C@@H](O)[C@H](O)C(C)(C)C5CC[C@@]4(C)[C@]3(C)CC[C@@]2(C(=O)O)C[C@@H]1O. The molecule has 0 bridgehead atoms. The molecule has 5 rings (SSSR count). The van der Waals surface area contributed by atoms with Gasteiger partial charge in [0.15, 0.2) is 0 Å². The molecule has 0 amide bonds. The van der Waals surface area contributed by atoms with Gasteiger partial charge in [0.1, 0.15) is 0 Å². The number of aliphatic hydroxyl groups is 3. The number of carbonyl (C=O) groups is 1. The third-order valence-corrected chi connectivity index (χ3v) is 13.2. The van der Waals surface area contributed by atoms with Crippen molar-refractivity contribution < 1.29 is 25.2 Å². The predicted octanol–water partition coefficient (Wildman–Crippen LogP) is 5.18. The van der Waals surface area contributed by atoms with E-state index in [1.807, 2.05) is 0 Å². The van der Waals surface area contributed by atoms with Crippen LogP contribution in [-0.2, 0) is 4.79 Å². The molecule has 0 spiro atoms. The van der Waals surface area contributed by atoms with Crippen LogP contribution in [0, 0.1) is 50.2 Å². The lowest BCUT2D eigenvalue weighted by Crippen LogP contribution is -2.67. The molecule has 3 unspecified atom stereocenters. The Morgan fingerprint density at radius 3 is 2.17 bits per heavy atom. The number of fused-ring (bicyclic) bond motifs is 7. The molecule has 4 N–H and O–H groups in total. The van der Waals surface area contributed by atoms with Crippen LogP contribution in [0.25, 0.3) is 0 Å². The van der Waals surface area contributed by atoms with Gasteiger partial charge in [-0.15, -0.1) is 0 Å². The molecule has 0 aliphatic heterocycles. The summed E-state index contributed by atoms with van der Waals surface area (Å²) in [4.78, 5) is 12.8. The summed E-state index contributed by atoms with van der Waals surface area (Å²) in [5.74, 6) is -0.0660. The first-order valence-electron chi connectivity index (χ1n) is 14.0. The lowest BCUT2D eigenvalue weighted by atomic mass is 9.33. The average Bonchev–Trinajstić information content (AvgIpc) is 2.73. The fourth-order valence-electron chi connectivity index (χ4n) is 10.8. The second-order valence-corrected chi connectivity index (χ2v) is 15.3. The minimum atomic E-state index is -0.877. The highest BCUT2D eigenvalue weighted by Gasteiger charge is 2.70. The smallest absolute Gasteiger partial charge is 0.310 e. The van der Waals surface area contributed by atoms with E-state index in [2.05, 4.69) is 54.5 Å². The summed E-state index contributed by atoms with van der Waals surface area (Å²) < 4.78 is 0. The van der Waals surface area contributed by atoms with Crippen LogP contribution >= 0.6 is 0 Å². The van der Waals surface area contributed by atoms with Crippen LogP contribution in [0.15, 0.2) is 11.6 Å². The summed E-state index contributed by atoms with van der Waals surface area (Å²) in [6.45, 7) is 15.7. The van der Waals surface area contributed by atoms with Gasteiger partial charge in [0.25, 0.3) is 0 Å². The van der Waals surface area contributed by atoms with Crippen molar-refractivity contribution in [3.63, 3.8) is 0 Å². The molecule has 5 aliphatic carbocycles. The third-order valence-electron chi connectivity index (χ3n) is 13.2. The van der Waals surface area contributed by atoms with E-state index in [4.69, 9.17) is 0 Å². The average molecular weight is 489 g/mol. The van der Waals surface area contributed by atoms with E-state index >= 15 is 0 Å². The van der Waals surface area contributed by atoms with E-state index in [-0.39, 0.29) is 33.0 Å². The maximum Gasteiger partial charge on any atom is 0.310 e. The van der Waals surface area contributed by atoms with Crippen LogP contribution in [0.4, 0.5) is 0 Å². The van der Waals surface area contributed by atoms with Crippen LogP contribution < -0.4 is 0 Å². The topological polar surface area (TPSA) is 98.0 Å². The van der Waals surface area contributed by atoms with E-state index in [1.165, 1.54) is 5.57 Å². The summed E-state index contributed by atoms with van der Waals surface area (Å²) >= 11 is 0. The van der Waals surface area contributed by atoms with Gasteiger partial charge in [0, 0.05) is 0 Å². The molecule has 0 aromatic rings. The van der Waals surface area contributed by atoms with Crippen LogP contribution in [0.2, 0.25) is 0 Å². The Hall–Kier alpha value is -0.910. The zero-order valence-electron chi connectivity index (χ0n) is 22.9. The molecule has 35 heavy (non-hydrogen) atoms. The highest BCUT2D eigenvalue weighted by Crippen LogP contribution is 2.75. The Morgan fingerprint density at radius 1 is 0.886 bits per heavy atom. The van der Waals surface area contributed by atoms with Crippen molar-refractivity contribution >= 4 is 5.97 Å². The lowest BCUT2D eigenvalue weighted by molar-refractivity contribution is -0.233. The number of hydrogen-bond acceptors (Lipinski definition) is 4. The van der Waals surface area contributed by atoms with Crippen molar-refractivity contribution in [2.45, 2.75) is 118 Å². The quantitative estimate of drug-likeness (QED) is 0.382. The second kappa shape index (κ2) is 7.35. The molecule has 4 fully saturated rings. The van der Waals surface area contributed by atoms with E-state index in [9.17, 15) is 25.2 Å². The Kier molecular flexibility index (Phi) is 5.40. The number of aliphatic hydroxyl groups excluding tert-OH is 3. The van der Waals surface area contributed by atoms with Gasteiger partial charge in [-0.3, -0.25) is 4.79 Å². The van der Waals surface area contributed by atoms with Crippen LogP contribution in [0.1, 0.15) is 99.8 Å². The maximum absolute atomic E-state index is 12.8. The number of carboxylic acids is 1. The molecule has 5 heteroatoms. The van der Waals surface area contributed by atoms with Gasteiger partial charge in [0.05, 0.1) is 23.7 Å². The first kappa shape index (κ1) is 25.7. The van der Waals surface area contributed by atoms with Gasteiger partial charge in [-0.1, -0.05) is 60.1 Å². The van der Waals surface area contributed by atoms with Crippen molar-refractivity contribution in [1.29, 1.82) is 0 Å². The molecule has 5 nitrogen and oxygen atoms in total. The van der Waals surface area contributed by atoms with Gasteiger partial charge in [-0.2, -0.15) is 0 Å². The van der Waals surface area contributed by atoms with Gasteiger partial charge in [-0.05, 0) is 96.2 Å². The minimum Gasteiger partial charge on any atom is -0.481 e. The Balaban J connectivity index is 1.61. The fraction of sp³-hybridized carbons (Fsp3) is 0.900.